The van der Waals surface area contributed by atoms with E-state index in [-0.39, 0.29) is 22.0 Å². The first-order valence-corrected chi connectivity index (χ1v) is 12.3. The molecule has 0 amide bonds. The maximum atomic E-state index is 13.7. The van der Waals surface area contributed by atoms with E-state index in [1.807, 2.05) is 38.1 Å². The number of hydrogen-bond donors (Lipinski definition) is 1. The van der Waals surface area contributed by atoms with E-state index < -0.39 is 11.7 Å². The summed E-state index contributed by atoms with van der Waals surface area (Å²) < 4.78 is 6.02. The summed E-state index contributed by atoms with van der Waals surface area (Å²) in [6.07, 6.45) is 0. The van der Waals surface area contributed by atoms with Gasteiger partial charge in [0.1, 0.15) is 9.71 Å². The minimum absolute atomic E-state index is 0.142. The summed E-state index contributed by atoms with van der Waals surface area (Å²) in [5, 5.41) is 16.9. The smallest absolute Gasteiger partial charge is 0.312 e. The molecule has 4 heterocycles. The quantitative estimate of drug-likeness (QED) is 0.279. The molecule has 5 aromatic rings. The zero-order valence-corrected chi connectivity index (χ0v) is 21.0. The van der Waals surface area contributed by atoms with Gasteiger partial charge in [0.2, 0.25) is 5.69 Å². The molecule has 0 bridgehead atoms. The Morgan fingerprint density at radius 1 is 1.06 bits per heavy atom. The van der Waals surface area contributed by atoms with E-state index in [1.165, 1.54) is 22.9 Å². The van der Waals surface area contributed by atoms with Gasteiger partial charge in [0.25, 0.3) is 5.78 Å². The lowest BCUT2D eigenvalue weighted by Crippen LogP contribution is -2.39. The van der Waals surface area contributed by atoms with E-state index in [9.17, 15) is 14.7 Å². The molecule has 0 saturated heterocycles. The maximum absolute atomic E-state index is 13.7. The third kappa shape index (κ3) is 3.71. The summed E-state index contributed by atoms with van der Waals surface area (Å²) in [4.78, 5) is 33.4. The number of fused-ring (bicyclic) bond motifs is 1. The van der Waals surface area contributed by atoms with Crippen molar-refractivity contribution in [2.24, 2.45) is 0 Å². The summed E-state index contributed by atoms with van der Waals surface area (Å²) in [6.45, 7) is 7.15. The van der Waals surface area contributed by atoms with E-state index in [0.29, 0.717) is 32.7 Å². The second-order valence-corrected chi connectivity index (χ2v) is 10.5. The lowest BCUT2D eigenvalue weighted by molar-refractivity contribution is -0.672. The number of nitrogen functional groups attached to an aromatic ring is 1. The van der Waals surface area contributed by atoms with Crippen LogP contribution in [0.25, 0.3) is 26.3 Å². The number of carbonyl (C=O) groups excluding carboxylic acids is 2. The maximum Gasteiger partial charge on any atom is 0.312 e. The van der Waals surface area contributed by atoms with Gasteiger partial charge >= 0.3 is 5.69 Å². The predicted molar refractivity (Wildman–Crippen MR) is 132 cm³/mol. The van der Waals surface area contributed by atoms with Crippen LogP contribution in [0.4, 0.5) is 5.69 Å². The highest BCUT2D eigenvalue weighted by molar-refractivity contribution is 7.21. The zero-order chi connectivity index (χ0) is 25.0. The third-order valence-electron chi connectivity index (χ3n) is 5.71. The van der Waals surface area contributed by atoms with Crippen LogP contribution in [0.1, 0.15) is 48.8 Å². The Labute approximate surface area is 208 Å². The number of benzene rings is 1. The molecule has 2 N–H and O–H groups in total. The van der Waals surface area contributed by atoms with Crippen LogP contribution in [-0.2, 0) is 0 Å². The molecule has 35 heavy (non-hydrogen) atoms. The number of thiophene rings is 2. The van der Waals surface area contributed by atoms with Crippen LogP contribution in [0.15, 0.2) is 40.9 Å². The fourth-order valence-corrected chi connectivity index (χ4v) is 6.10. The first-order chi connectivity index (χ1) is 16.7. The minimum atomic E-state index is -0.866. The Bertz CT molecular complexity index is 1640. The van der Waals surface area contributed by atoms with Crippen molar-refractivity contribution in [1.82, 2.24) is 10.3 Å². The molecule has 4 aromatic heterocycles. The SMILES string of the molecule is CC(=O)c1c(C)nc2sc(C(=O)c3c([O-])on[n+]3-c3ccc(C)cc3)c(N)c2c1-c1ccc(C)s1. The number of nitrogens with zero attached hydrogens (tertiary/aromatic N) is 3. The second kappa shape index (κ2) is 8.40. The number of aryl methyl sites for hydroxylation is 3. The highest BCUT2D eigenvalue weighted by Crippen LogP contribution is 2.44. The molecule has 0 radical (unpaired) electrons. The first-order valence-electron chi connectivity index (χ1n) is 10.7. The molecule has 1 aromatic carbocycles. The van der Waals surface area contributed by atoms with E-state index in [1.54, 1.807) is 19.1 Å². The number of ketones is 2. The highest BCUT2D eigenvalue weighted by Gasteiger charge is 2.33. The van der Waals surface area contributed by atoms with E-state index in [2.05, 4.69) is 10.3 Å². The molecule has 176 valence electrons. The second-order valence-electron chi connectivity index (χ2n) is 8.22. The van der Waals surface area contributed by atoms with Crippen LogP contribution < -0.4 is 15.5 Å². The molecule has 0 unspecified atom stereocenters. The average molecular weight is 505 g/mol. The van der Waals surface area contributed by atoms with Crippen LogP contribution >= 0.6 is 22.7 Å². The Balaban J connectivity index is 1.75. The summed E-state index contributed by atoms with van der Waals surface area (Å²) in [7, 11) is 0. The van der Waals surface area contributed by atoms with Crippen molar-refractivity contribution in [1.29, 1.82) is 0 Å². The van der Waals surface area contributed by atoms with Crippen LogP contribution in [0.5, 0.6) is 5.95 Å². The molecular formula is C25H20N4O4S2. The normalized spacial score (nSPS) is 11.3. The lowest BCUT2D eigenvalue weighted by Gasteiger charge is -2.11. The molecule has 0 fully saturated rings. The topological polar surface area (TPSA) is 126 Å². The van der Waals surface area contributed by atoms with E-state index in [0.717, 1.165) is 26.7 Å². The number of hydrogen-bond acceptors (Lipinski definition) is 9. The van der Waals surface area contributed by atoms with Crippen LogP contribution in [0.2, 0.25) is 0 Å². The predicted octanol–water partition coefficient (Wildman–Crippen LogP) is 4.30. The fourth-order valence-electron chi connectivity index (χ4n) is 4.09. The van der Waals surface area contributed by atoms with Gasteiger partial charge in [-0.3, -0.25) is 9.59 Å². The number of pyridine rings is 1. The Morgan fingerprint density at radius 3 is 2.40 bits per heavy atom. The van der Waals surface area contributed by atoms with Gasteiger partial charge in [-0.05, 0) is 44.5 Å². The average Bonchev–Trinajstić information content (AvgIpc) is 3.50. The first kappa shape index (κ1) is 22.9. The van der Waals surface area contributed by atoms with Gasteiger partial charge in [0, 0.05) is 38.4 Å². The Morgan fingerprint density at radius 2 is 1.77 bits per heavy atom. The van der Waals surface area contributed by atoms with Crippen molar-refractivity contribution in [3.8, 4) is 22.1 Å². The summed E-state index contributed by atoms with van der Waals surface area (Å²) in [5.41, 5.74) is 9.65. The van der Waals surface area contributed by atoms with Crippen molar-refractivity contribution in [3.63, 3.8) is 0 Å². The van der Waals surface area contributed by atoms with Crippen LogP contribution in [-0.4, -0.2) is 21.8 Å². The molecule has 0 atom stereocenters. The van der Waals surface area contributed by atoms with Gasteiger partial charge in [-0.15, -0.1) is 22.7 Å². The molecule has 5 rings (SSSR count). The number of anilines is 1. The lowest BCUT2D eigenvalue weighted by atomic mass is 9.98. The third-order valence-corrected chi connectivity index (χ3v) is 7.82. The van der Waals surface area contributed by atoms with E-state index in [4.69, 9.17) is 10.3 Å². The minimum Gasteiger partial charge on any atom is -0.539 e. The van der Waals surface area contributed by atoms with Crippen molar-refractivity contribution in [3.05, 3.63) is 68.7 Å². The zero-order valence-electron chi connectivity index (χ0n) is 19.3. The fraction of sp³-hybridized carbons (Fsp3) is 0.160. The van der Waals surface area contributed by atoms with Crippen LogP contribution in [0, 0.1) is 20.8 Å². The van der Waals surface area contributed by atoms with Gasteiger partial charge < -0.3 is 15.4 Å². The molecule has 0 spiro atoms. The number of carbonyl (C=O) groups is 2. The van der Waals surface area contributed by atoms with Crippen LogP contribution in [0.3, 0.4) is 0 Å². The van der Waals surface area contributed by atoms with Crippen molar-refractivity contribution < 1.29 is 23.9 Å². The molecule has 10 heteroatoms. The van der Waals surface area contributed by atoms with Gasteiger partial charge in [0.15, 0.2) is 11.7 Å². The summed E-state index contributed by atoms with van der Waals surface area (Å²) in [5.74, 6) is -1.63. The summed E-state index contributed by atoms with van der Waals surface area (Å²) >= 11 is 2.61. The number of rotatable bonds is 5. The van der Waals surface area contributed by atoms with E-state index >= 15 is 0 Å². The molecule has 0 aliphatic carbocycles. The molecule has 0 aliphatic rings. The summed E-state index contributed by atoms with van der Waals surface area (Å²) in [6, 6.07) is 11.1. The van der Waals surface area contributed by atoms with Gasteiger partial charge in [-0.1, -0.05) is 17.7 Å². The molecule has 8 nitrogen and oxygen atoms in total. The Kier molecular flexibility index (Phi) is 5.49. The Hall–Kier alpha value is -3.89. The molecule has 0 saturated carbocycles. The van der Waals surface area contributed by atoms with Crippen molar-refractivity contribution in [2.45, 2.75) is 27.7 Å². The van der Waals surface area contributed by atoms with Gasteiger partial charge in [-0.25, -0.2) is 4.98 Å². The highest BCUT2D eigenvalue weighted by atomic mass is 32.1. The standard InChI is InChI=1S/C25H20N4O4S2/c1-11-5-8-15(9-6-11)29-21(25(32)33-28-29)22(31)23-20(26)19-18(16-10-7-12(2)34-16)17(14(4)30)13(3)27-24(19)35-23/h5-10H,1-4H3,(H2-,26,28,31,32). The van der Waals surface area contributed by atoms with Gasteiger partial charge in [-0.2, -0.15) is 0 Å². The number of aromatic nitrogens is 3. The number of nitrogens with two attached hydrogens (primary N) is 1. The largest absolute Gasteiger partial charge is 0.539 e. The molecular weight excluding hydrogens is 484 g/mol. The number of Topliss-reactive ketones (excluding diaryl/α,β-unsaturated/α-hetero) is 1. The molecule has 0 aliphatic heterocycles. The van der Waals surface area contributed by atoms with Crippen molar-refractivity contribution >= 4 is 50.1 Å². The van der Waals surface area contributed by atoms with Crippen molar-refractivity contribution in [2.75, 3.05) is 5.73 Å². The van der Waals surface area contributed by atoms with Gasteiger partial charge in [0.05, 0.1) is 16.7 Å². The monoisotopic (exact) mass is 504 g/mol.